The van der Waals surface area contributed by atoms with Gasteiger partial charge in [-0.1, -0.05) is 24.3 Å². The molecule has 1 amide bonds. The monoisotopic (exact) mass is 484 g/mol. The molecule has 1 aliphatic rings. The molecule has 0 radical (unpaired) electrons. The van der Waals surface area contributed by atoms with Crippen LogP contribution in [-0.2, 0) is 22.4 Å². The normalized spacial score (nSPS) is 16.3. The van der Waals surface area contributed by atoms with Crippen LogP contribution in [0.2, 0.25) is 0 Å². The number of nitrogens with two attached hydrogens (primary N) is 1. The molecule has 1 aliphatic heterocycles. The lowest BCUT2D eigenvalue weighted by Crippen LogP contribution is -2.56. The smallest absolute Gasteiger partial charge is 0.335 e. The first-order valence-corrected chi connectivity index (χ1v) is 10.9. The van der Waals surface area contributed by atoms with Crippen LogP contribution >= 0.6 is 12.4 Å². The van der Waals surface area contributed by atoms with Crippen molar-refractivity contribution in [3.63, 3.8) is 0 Å². The lowest BCUT2D eigenvalue weighted by Gasteiger charge is -2.31. The van der Waals surface area contributed by atoms with E-state index in [1.807, 2.05) is 30.5 Å². The third-order valence-electron chi connectivity index (χ3n) is 6.06. The molecule has 0 fully saturated rings. The summed E-state index contributed by atoms with van der Waals surface area (Å²) in [5, 5.41) is 16.4. The minimum absolute atomic E-state index is 0. The highest BCUT2D eigenvalue weighted by molar-refractivity contribution is 5.97. The minimum Gasteiger partial charge on any atom is -0.478 e. The van der Waals surface area contributed by atoms with E-state index in [1.54, 1.807) is 26.0 Å². The van der Waals surface area contributed by atoms with Gasteiger partial charge in [0, 0.05) is 30.1 Å². The predicted octanol–water partition coefficient (Wildman–Crippen LogP) is 2.51. The van der Waals surface area contributed by atoms with Crippen LogP contribution in [0.3, 0.4) is 0 Å². The Labute approximate surface area is 203 Å². The van der Waals surface area contributed by atoms with Gasteiger partial charge in [-0.05, 0) is 55.2 Å². The number of carboxylic acid groups (broad SMARTS) is 1. The van der Waals surface area contributed by atoms with Gasteiger partial charge in [0.25, 0.3) is 0 Å². The van der Waals surface area contributed by atoms with E-state index >= 15 is 0 Å². The molecule has 180 valence electrons. The summed E-state index contributed by atoms with van der Waals surface area (Å²) in [6, 6.07) is 11.1. The first kappa shape index (κ1) is 25.4. The highest BCUT2D eigenvalue weighted by Crippen LogP contribution is 2.27. The first-order valence-electron chi connectivity index (χ1n) is 10.9. The number of aromatic nitrogens is 1. The molecule has 4 rings (SSSR count). The Morgan fingerprint density at radius 3 is 2.65 bits per heavy atom. The number of para-hydroxylation sites is 1. The summed E-state index contributed by atoms with van der Waals surface area (Å²) in [6.45, 7) is 3.72. The number of fused-ring (bicyclic) bond motifs is 2. The van der Waals surface area contributed by atoms with Crippen LogP contribution in [0.1, 0.15) is 46.9 Å². The molecule has 2 aromatic carbocycles. The van der Waals surface area contributed by atoms with Crippen molar-refractivity contribution >= 4 is 41.0 Å². The molecular weight excluding hydrogens is 456 g/mol. The Morgan fingerprint density at radius 1 is 1.21 bits per heavy atom. The maximum Gasteiger partial charge on any atom is 0.335 e. The molecular formula is C25H29ClN4O4. The number of carbonyl (C=O) groups excluding carboxylic acids is 2. The van der Waals surface area contributed by atoms with Gasteiger partial charge < -0.3 is 26.5 Å². The molecule has 2 atom stereocenters. The van der Waals surface area contributed by atoms with Crippen molar-refractivity contribution in [1.82, 2.24) is 15.6 Å². The molecule has 8 nitrogen and oxygen atoms in total. The van der Waals surface area contributed by atoms with Gasteiger partial charge in [0.15, 0.2) is 5.78 Å². The Kier molecular flexibility index (Phi) is 7.45. The van der Waals surface area contributed by atoms with E-state index < -0.39 is 29.5 Å². The number of hydrogen-bond acceptors (Lipinski definition) is 5. The number of ketones is 1. The van der Waals surface area contributed by atoms with Crippen molar-refractivity contribution in [2.24, 2.45) is 5.73 Å². The van der Waals surface area contributed by atoms with Gasteiger partial charge in [0.2, 0.25) is 5.91 Å². The zero-order chi connectivity index (χ0) is 23.8. The van der Waals surface area contributed by atoms with Crippen molar-refractivity contribution in [3.05, 3.63) is 70.9 Å². The number of halogens is 1. The molecule has 0 spiro atoms. The Balaban J connectivity index is 0.00000324. The SMILES string of the molecule is CC(C)(N)C(=O)NC(Cc1c[nH]c2ccccc12)C(=O)C1NCCc2cc(C(=O)O)ccc21.Cl. The molecule has 0 saturated carbocycles. The minimum atomic E-state index is -1.15. The molecule has 6 N–H and O–H groups in total. The molecule has 0 aliphatic carbocycles. The van der Waals surface area contributed by atoms with Crippen LogP contribution in [0.5, 0.6) is 0 Å². The number of H-pyrrole nitrogens is 1. The summed E-state index contributed by atoms with van der Waals surface area (Å²) >= 11 is 0. The highest BCUT2D eigenvalue weighted by atomic mass is 35.5. The fourth-order valence-electron chi connectivity index (χ4n) is 4.24. The topological polar surface area (TPSA) is 137 Å². The highest BCUT2D eigenvalue weighted by Gasteiger charge is 2.35. The quantitative estimate of drug-likeness (QED) is 0.349. The van der Waals surface area contributed by atoms with Crippen molar-refractivity contribution in [2.75, 3.05) is 6.54 Å². The number of aromatic amines is 1. The Morgan fingerprint density at radius 2 is 1.94 bits per heavy atom. The van der Waals surface area contributed by atoms with E-state index in [-0.39, 0.29) is 23.8 Å². The standard InChI is InChI=1S/C25H28N4O4.ClH/c1-25(2,26)24(33)29-20(12-16-13-28-19-6-4-3-5-17(16)19)22(30)21-18-8-7-15(23(31)32)11-14(18)9-10-27-21;/h3-8,11,13,20-21,27-28H,9-10,12,26H2,1-2H3,(H,29,33)(H,31,32);1H. The average molecular weight is 485 g/mol. The van der Waals surface area contributed by atoms with Crippen molar-refractivity contribution in [2.45, 2.75) is 44.3 Å². The number of benzene rings is 2. The summed E-state index contributed by atoms with van der Waals surface area (Å²) in [4.78, 5) is 41.1. The van der Waals surface area contributed by atoms with Crippen LogP contribution in [-0.4, -0.2) is 45.9 Å². The summed E-state index contributed by atoms with van der Waals surface area (Å²) in [5.74, 6) is -1.62. The van der Waals surface area contributed by atoms with E-state index in [4.69, 9.17) is 5.73 Å². The first-order chi connectivity index (χ1) is 15.6. The van der Waals surface area contributed by atoms with Gasteiger partial charge in [-0.2, -0.15) is 0 Å². The van der Waals surface area contributed by atoms with E-state index in [1.165, 1.54) is 6.07 Å². The third-order valence-corrected chi connectivity index (χ3v) is 6.06. The number of carbonyl (C=O) groups is 3. The fraction of sp³-hybridized carbons (Fsp3) is 0.320. The number of rotatable bonds is 7. The number of nitrogens with one attached hydrogen (secondary N) is 3. The van der Waals surface area contributed by atoms with Gasteiger partial charge in [-0.25, -0.2) is 4.79 Å². The van der Waals surface area contributed by atoms with Gasteiger partial charge in [-0.3, -0.25) is 9.59 Å². The molecule has 0 bridgehead atoms. The van der Waals surface area contributed by atoms with Crippen molar-refractivity contribution in [3.8, 4) is 0 Å². The molecule has 34 heavy (non-hydrogen) atoms. The molecule has 9 heteroatoms. The van der Waals surface area contributed by atoms with Gasteiger partial charge in [-0.15, -0.1) is 12.4 Å². The second-order valence-corrected chi connectivity index (χ2v) is 9.07. The van der Waals surface area contributed by atoms with Crippen LogP contribution < -0.4 is 16.4 Å². The zero-order valence-corrected chi connectivity index (χ0v) is 19.9. The lowest BCUT2D eigenvalue weighted by atomic mass is 9.86. The van der Waals surface area contributed by atoms with E-state index in [9.17, 15) is 19.5 Å². The van der Waals surface area contributed by atoms with E-state index in [0.29, 0.717) is 19.4 Å². The molecule has 2 unspecified atom stereocenters. The molecule has 3 aromatic rings. The third kappa shape index (κ3) is 5.14. The molecule has 2 heterocycles. The van der Waals surface area contributed by atoms with E-state index in [0.717, 1.165) is 27.6 Å². The Hall–Kier alpha value is -3.20. The largest absolute Gasteiger partial charge is 0.478 e. The number of hydrogen-bond donors (Lipinski definition) is 5. The van der Waals surface area contributed by atoms with Crippen molar-refractivity contribution in [1.29, 1.82) is 0 Å². The maximum atomic E-state index is 13.8. The predicted molar refractivity (Wildman–Crippen MR) is 132 cm³/mol. The van der Waals surface area contributed by atoms with Gasteiger partial charge in [0.05, 0.1) is 23.2 Å². The number of Topliss-reactive ketones (excluding diaryl/α,β-unsaturated/α-hetero) is 1. The number of carboxylic acids is 1. The number of aromatic carboxylic acids is 1. The van der Waals surface area contributed by atoms with Gasteiger partial charge in [0.1, 0.15) is 0 Å². The fourth-order valence-corrected chi connectivity index (χ4v) is 4.24. The van der Waals surface area contributed by atoms with Crippen LogP contribution in [0.15, 0.2) is 48.7 Å². The van der Waals surface area contributed by atoms with Crippen LogP contribution in [0.4, 0.5) is 0 Å². The second kappa shape index (κ2) is 9.97. The van der Waals surface area contributed by atoms with E-state index in [2.05, 4.69) is 15.6 Å². The maximum absolute atomic E-state index is 13.8. The lowest BCUT2D eigenvalue weighted by molar-refractivity contribution is -0.131. The van der Waals surface area contributed by atoms with Crippen LogP contribution in [0, 0.1) is 0 Å². The molecule has 1 aromatic heterocycles. The number of amides is 1. The second-order valence-electron chi connectivity index (χ2n) is 9.07. The zero-order valence-electron chi connectivity index (χ0n) is 19.1. The average Bonchev–Trinajstić information content (AvgIpc) is 3.19. The Bertz CT molecular complexity index is 1230. The van der Waals surface area contributed by atoms with Crippen LogP contribution in [0.25, 0.3) is 10.9 Å². The van der Waals surface area contributed by atoms with Gasteiger partial charge >= 0.3 is 5.97 Å². The molecule has 0 saturated heterocycles. The summed E-state index contributed by atoms with van der Waals surface area (Å²) in [5.41, 5.74) is 8.46. The summed E-state index contributed by atoms with van der Waals surface area (Å²) < 4.78 is 0. The van der Waals surface area contributed by atoms with Crippen molar-refractivity contribution < 1.29 is 19.5 Å². The summed E-state index contributed by atoms with van der Waals surface area (Å²) in [7, 11) is 0. The summed E-state index contributed by atoms with van der Waals surface area (Å²) in [6.07, 6.45) is 2.77.